The van der Waals surface area contributed by atoms with E-state index in [2.05, 4.69) is 29.7 Å². The van der Waals surface area contributed by atoms with Gasteiger partial charge in [0.05, 0.1) is 0 Å². The summed E-state index contributed by atoms with van der Waals surface area (Å²) in [5.74, 6) is 1.20. The molecule has 2 nitrogen and oxygen atoms in total. The molecule has 0 amide bonds. The van der Waals surface area contributed by atoms with Crippen LogP contribution in [0.3, 0.4) is 0 Å². The Labute approximate surface area is 119 Å². The van der Waals surface area contributed by atoms with Crippen LogP contribution in [0.1, 0.15) is 24.9 Å². The van der Waals surface area contributed by atoms with Crippen LogP contribution in [0.4, 0.5) is 0 Å². The van der Waals surface area contributed by atoms with Gasteiger partial charge < -0.3 is 5.73 Å². The molecule has 18 heavy (non-hydrogen) atoms. The van der Waals surface area contributed by atoms with Crippen molar-refractivity contribution in [2.75, 3.05) is 25.4 Å². The summed E-state index contributed by atoms with van der Waals surface area (Å²) in [6.45, 7) is 5.17. The highest BCUT2D eigenvalue weighted by Gasteiger charge is 2.25. The Hall–Kier alpha value is -0.220. The van der Waals surface area contributed by atoms with Crippen molar-refractivity contribution in [2.45, 2.75) is 24.6 Å². The van der Waals surface area contributed by atoms with E-state index in [1.54, 1.807) is 0 Å². The Kier molecular flexibility index (Phi) is 5.37. The van der Waals surface area contributed by atoms with E-state index in [0.29, 0.717) is 12.6 Å². The quantitative estimate of drug-likeness (QED) is 0.921. The normalized spacial score (nSPS) is 22.9. The predicted molar refractivity (Wildman–Crippen MR) is 81.4 cm³/mol. The molecular formula is C14H21ClN2S. The first-order chi connectivity index (χ1) is 8.74. The van der Waals surface area contributed by atoms with Crippen LogP contribution in [-0.4, -0.2) is 35.5 Å². The van der Waals surface area contributed by atoms with Crippen molar-refractivity contribution in [3.63, 3.8) is 0 Å². The van der Waals surface area contributed by atoms with Crippen LogP contribution in [0.5, 0.6) is 0 Å². The lowest BCUT2D eigenvalue weighted by atomic mass is 10.0. The molecule has 1 aliphatic rings. The highest BCUT2D eigenvalue weighted by atomic mass is 35.5. The third-order valence-electron chi connectivity index (χ3n) is 3.52. The molecule has 4 heteroatoms. The van der Waals surface area contributed by atoms with Gasteiger partial charge in [-0.05, 0) is 24.1 Å². The number of thioether (sulfide) groups is 1. The summed E-state index contributed by atoms with van der Waals surface area (Å²) in [4.78, 5) is 2.51. The summed E-state index contributed by atoms with van der Waals surface area (Å²) < 4.78 is 0. The molecule has 0 saturated carbocycles. The van der Waals surface area contributed by atoms with Gasteiger partial charge in [-0.1, -0.05) is 30.7 Å². The summed E-state index contributed by atoms with van der Waals surface area (Å²) in [5.41, 5.74) is 7.22. The van der Waals surface area contributed by atoms with Gasteiger partial charge in [0.1, 0.15) is 0 Å². The van der Waals surface area contributed by atoms with E-state index >= 15 is 0 Å². The number of hydrogen-bond donors (Lipinski definition) is 1. The van der Waals surface area contributed by atoms with E-state index < -0.39 is 0 Å². The SMILES string of the molecule is CCC1CN(C(CN)c2cccc(Cl)c2)CCS1. The summed E-state index contributed by atoms with van der Waals surface area (Å²) in [6.07, 6.45) is 1.23. The fourth-order valence-electron chi connectivity index (χ4n) is 2.48. The Balaban J connectivity index is 2.12. The zero-order valence-electron chi connectivity index (χ0n) is 10.8. The van der Waals surface area contributed by atoms with Crippen molar-refractivity contribution in [3.8, 4) is 0 Å². The molecule has 0 aromatic heterocycles. The van der Waals surface area contributed by atoms with Crippen molar-refractivity contribution < 1.29 is 0 Å². The summed E-state index contributed by atoms with van der Waals surface area (Å²) in [6, 6.07) is 8.41. The maximum atomic E-state index is 6.08. The molecule has 1 aromatic carbocycles. The van der Waals surface area contributed by atoms with Crippen LogP contribution >= 0.6 is 23.4 Å². The second-order valence-electron chi connectivity index (χ2n) is 4.70. The van der Waals surface area contributed by atoms with E-state index in [9.17, 15) is 0 Å². The molecule has 100 valence electrons. The molecule has 1 aromatic rings. The van der Waals surface area contributed by atoms with Gasteiger partial charge >= 0.3 is 0 Å². The van der Waals surface area contributed by atoms with Crippen molar-refractivity contribution in [2.24, 2.45) is 5.73 Å². The van der Waals surface area contributed by atoms with E-state index in [1.165, 1.54) is 17.7 Å². The fraction of sp³-hybridized carbons (Fsp3) is 0.571. The summed E-state index contributed by atoms with van der Waals surface area (Å²) in [5, 5.41) is 1.54. The first-order valence-corrected chi connectivity index (χ1v) is 7.98. The lowest BCUT2D eigenvalue weighted by molar-refractivity contribution is 0.207. The average molecular weight is 285 g/mol. The van der Waals surface area contributed by atoms with Gasteiger partial charge in [0, 0.05) is 41.7 Å². The van der Waals surface area contributed by atoms with Crippen LogP contribution < -0.4 is 5.73 Å². The second kappa shape index (κ2) is 6.80. The minimum Gasteiger partial charge on any atom is -0.329 e. The first-order valence-electron chi connectivity index (χ1n) is 6.55. The van der Waals surface area contributed by atoms with Crippen molar-refractivity contribution in [3.05, 3.63) is 34.9 Å². The molecular weight excluding hydrogens is 264 g/mol. The van der Waals surface area contributed by atoms with Crippen LogP contribution in [0.25, 0.3) is 0 Å². The third kappa shape index (κ3) is 3.41. The number of nitrogens with zero attached hydrogens (tertiary/aromatic N) is 1. The number of nitrogens with two attached hydrogens (primary N) is 1. The third-order valence-corrected chi connectivity index (χ3v) is 5.13. The van der Waals surface area contributed by atoms with E-state index in [1.807, 2.05) is 18.2 Å². The van der Waals surface area contributed by atoms with Crippen molar-refractivity contribution >= 4 is 23.4 Å². The van der Waals surface area contributed by atoms with Gasteiger partial charge in [-0.25, -0.2) is 0 Å². The summed E-state index contributed by atoms with van der Waals surface area (Å²) >= 11 is 8.16. The molecule has 0 bridgehead atoms. The highest BCUT2D eigenvalue weighted by Crippen LogP contribution is 2.29. The van der Waals surface area contributed by atoms with Crippen LogP contribution in [-0.2, 0) is 0 Å². The maximum absolute atomic E-state index is 6.08. The Morgan fingerprint density at radius 3 is 3.06 bits per heavy atom. The zero-order valence-corrected chi connectivity index (χ0v) is 12.4. The average Bonchev–Trinajstić information content (AvgIpc) is 2.40. The van der Waals surface area contributed by atoms with E-state index in [4.69, 9.17) is 17.3 Å². The number of benzene rings is 1. The van der Waals surface area contributed by atoms with Gasteiger partial charge in [-0.2, -0.15) is 11.8 Å². The Morgan fingerprint density at radius 1 is 1.56 bits per heavy atom. The molecule has 1 fully saturated rings. The minimum absolute atomic E-state index is 0.304. The number of hydrogen-bond acceptors (Lipinski definition) is 3. The second-order valence-corrected chi connectivity index (χ2v) is 6.55. The molecule has 2 N–H and O–H groups in total. The molecule has 1 heterocycles. The maximum Gasteiger partial charge on any atom is 0.0471 e. The number of halogens is 1. The van der Waals surface area contributed by atoms with Crippen LogP contribution in [0, 0.1) is 0 Å². The van der Waals surface area contributed by atoms with Gasteiger partial charge in [0.25, 0.3) is 0 Å². The predicted octanol–water partition coefficient (Wildman–Crippen LogP) is 3.17. The van der Waals surface area contributed by atoms with Crippen LogP contribution in [0.15, 0.2) is 24.3 Å². The topological polar surface area (TPSA) is 29.3 Å². The minimum atomic E-state index is 0.304. The Morgan fingerprint density at radius 2 is 2.39 bits per heavy atom. The molecule has 0 spiro atoms. The van der Waals surface area contributed by atoms with Gasteiger partial charge in [0.2, 0.25) is 0 Å². The monoisotopic (exact) mass is 284 g/mol. The Bertz CT molecular complexity index is 386. The highest BCUT2D eigenvalue weighted by molar-refractivity contribution is 8.00. The van der Waals surface area contributed by atoms with Gasteiger partial charge in [-0.3, -0.25) is 4.90 Å². The van der Waals surface area contributed by atoms with Crippen LogP contribution in [0.2, 0.25) is 5.02 Å². The largest absolute Gasteiger partial charge is 0.329 e. The fourth-order valence-corrected chi connectivity index (χ4v) is 3.89. The van der Waals surface area contributed by atoms with Gasteiger partial charge in [0.15, 0.2) is 0 Å². The van der Waals surface area contributed by atoms with E-state index in [-0.39, 0.29) is 0 Å². The molecule has 0 radical (unpaired) electrons. The van der Waals surface area contributed by atoms with Gasteiger partial charge in [-0.15, -0.1) is 0 Å². The summed E-state index contributed by atoms with van der Waals surface area (Å²) in [7, 11) is 0. The zero-order chi connectivity index (χ0) is 13.0. The van der Waals surface area contributed by atoms with E-state index in [0.717, 1.165) is 23.4 Å². The molecule has 2 atom stereocenters. The van der Waals surface area contributed by atoms with Crippen molar-refractivity contribution in [1.29, 1.82) is 0 Å². The molecule has 2 rings (SSSR count). The van der Waals surface area contributed by atoms with Crippen molar-refractivity contribution in [1.82, 2.24) is 4.90 Å². The molecule has 2 unspecified atom stereocenters. The lowest BCUT2D eigenvalue weighted by Crippen LogP contribution is -2.42. The smallest absolute Gasteiger partial charge is 0.0471 e. The standard InChI is InChI=1S/C14H21ClN2S/c1-2-13-10-17(6-7-18-13)14(9-16)11-4-3-5-12(15)8-11/h3-5,8,13-14H,2,6-7,9-10,16H2,1H3. The molecule has 0 aliphatic carbocycles. The number of rotatable bonds is 4. The lowest BCUT2D eigenvalue weighted by Gasteiger charge is -2.37. The molecule has 1 aliphatic heterocycles. The first kappa shape index (κ1) is 14.2. The molecule has 1 saturated heterocycles.